The average molecular weight is 589 g/mol. The molecule has 0 spiro atoms. The van der Waals surface area contributed by atoms with Gasteiger partial charge in [0.05, 0.1) is 24.7 Å². The van der Waals surface area contributed by atoms with Gasteiger partial charge in [0, 0.05) is 49.5 Å². The number of para-hydroxylation sites is 3. The predicted molar refractivity (Wildman–Crippen MR) is 180 cm³/mol. The maximum absolute atomic E-state index is 9.55. The van der Waals surface area contributed by atoms with Crippen molar-refractivity contribution in [2.45, 2.75) is 0 Å². The van der Waals surface area contributed by atoms with Crippen LogP contribution in [0.15, 0.2) is 142 Å². The van der Waals surface area contributed by atoms with Crippen molar-refractivity contribution in [2.75, 3.05) is 0 Å². The topological polar surface area (TPSA) is 69.9 Å². The Bertz CT molecular complexity index is 3340. The molecule has 0 N–H and O–H groups in total. The van der Waals surface area contributed by atoms with Gasteiger partial charge in [0.15, 0.2) is 11.6 Å². The Labute approximate surface area is 269 Å². The highest BCUT2D eigenvalue weighted by Gasteiger charge is 2.20. The van der Waals surface area contributed by atoms with E-state index in [0.717, 1.165) is 10.8 Å². The summed E-state index contributed by atoms with van der Waals surface area (Å²) in [6, 6.07) is 17.3. The number of hydrogen-bond donors (Lipinski definition) is 0. The molecule has 0 radical (unpaired) electrons. The first-order chi connectivity index (χ1) is 26.5. The van der Waals surface area contributed by atoms with Crippen molar-refractivity contribution in [3.05, 3.63) is 133 Å². The molecule has 0 amide bonds. The summed E-state index contributed by atoms with van der Waals surface area (Å²) in [5, 5.41) is 1.34. The number of rotatable bonds is 3. The van der Waals surface area contributed by atoms with Crippen LogP contribution in [0.1, 0.15) is 13.7 Å². The van der Waals surface area contributed by atoms with E-state index in [1.54, 1.807) is 18.2 Å². The number of fused-ring (bicyclic) bond motifs is 9. The summed E-state index contributed by atoms with van der Waals surface area (Å²) in [7, 11) is 0. The second kappa shape index (κ2) is 9.11. The molecule has 0 saturated heterocycles. The van der Waals surface area contributed by atoms with E-state index in [2.05, 4.69) is 0 Å². The fourth-order valence-corrected chi connectivity index (χ4v) is 5.87. The lowest BCUT2D eigenvalue weighted by Gasteiger charge is -2.11. The first kappa shape index (κ1) is 16.5. The van der Waals surface area contributed by atoms with Crippen LogP contribution in [0.3, 0.4) is 0 Å². The molecule has 0 saturated carbocycles. The van der Waals surface area contributed by atoms with Crippen molar-refractivity contribution in [3.8, 4) is 28.7 Å². The second-order valence-corrected chi connectivity index (χ2v) is 10.5. The molecule has 4 heterocycles. The molecule has 0 aliphatic heterocycles. The molecular formula is C39H22N4O2. The number of nitrogens with zero attached hydrogens (tertiary/aromatic N) is 4. The zero-order valence-electron chi connectivity index (χ0n) is 33.0. The van der Waals surface area contributed by atoms with Gasteiger partial charge in [-0.25, -0.2) is 4.98 Å². The smallest absolute Gasteiger partial charge is 0.238 e. The van der Waals surface area contributed by atoms with E-state index >= 15 is 0 Å². The van der Waals surface area contributed by atoms with Crippen molar-refractivity contribution in [1.82, 2.24) is 19.5 Å². The summed E-state index contributed by atoms with van der Waals surface area (Å²) < 4.78 is 102. The third kappa shape index (κ3) is 3.60. The molecule has 0 fully saturated rings. The van der Waals surface area contributed by atoms with Crippen LogP contribution < -0.4 is 0 Å². The Balaban J connectivity index is 1.38. The van der Waals surface area contributed by atoms with E-state index in [1.165, 1.54) is 4.57 Å². The second-order valence-electron chi connectivity index (χ2n) is 10.5. The van der Waals surface area contributed by atoms with E-state index in [9.17, 15) is 2.74 Å². The van der Waals surface area contributed by atoms with E-state index in [0.29, 0.717) is 22.3 Å². The molecule has 210 valence electrons. The number of hydrogen-bond acceptors (Lipinski definition) is 5. The first-order valence-corrected chi connectivity index (χ1v) is 14.1. The standard InChI is InChI=1S/C39H22N4O2/c1-2-10-23(11-3-1)37-40-38(24-18-19-35-29(20-24)26-13-5-8-16-33(26)44-35)42-39(41-37)43-31-15-7-4-12-25(31)28-21-30-27-14-6-9-17-34(27)45-36(30)22-32(28)43/h1-22H/i4D,6D,7D,9D,12D,14D,15D,17D,21D,22D. The van der Waals surface area contributed by atoms with E-state index in [1.807, 2.05) is 54.6 Å². The van der Waals surface area contributed by atoms with Gasteiger partial charge in [-0.05, 0) is 42.4 Å². The molecule has 45 heavy (non-hydrogen) atoms. The van der Waals surface area contributed by atoms with Crippen molar-refractivity contribution < 1.29 is 22.5 Å². The summed E-state index contributed by atoms with van der Waals surface area (Å²) in [4.78, 5) is 14.6. The molecule has 6 aromatic carbocycles. The first-order valence-electron chi connectivity index (χ1n) is 19.1. The molecule has 0 atom stereocenters. The Kier molecular flexibility index (Phi) is 3.35. The molecule has 0 unspecified atom stereocenters. The molecular weight excluding hydrogens is 556 g/mol. The normalized spacial score (nSPS) is 15.1. The molecule has 0 bridgehead atoms. The predicted octanol–water partition coefficient (Wildman–Crippen LogP) is 10.1. The molecule has 4 aromatic heterocycles. The van der Waals surface area contributed by atoms with Gasteiger partial charge in [-0.2, -0.15) is 9.97 Å². The maximum Gasteiger partial charge on any atom is 0.238 e. The fourth-order valence-electron chi connectivity index (χ4n) is 5.87. The molecule has 0 aliphatic carbocycles. The van der Waals surface area contributed by atoms with Crippen LogP contribution in [-0.2, 0) is 0 Å². The van der Waals surface area contributed by atoms with Crippen LogP contribution in [0.5, 0.6) is 0 Å². The van der Waals surface area contributed by atoms with Gasteiger partial charge < -0.3 is 8.83 Å². The molecule has 0 aliphatic rings. The minimum atomic E-state index is -0.566. The third-order valence-corrected chi connectivity index (χ3v) is 7.91. The SMILES string of the molecule is [2H]c1c([2H])c([2H])c2c(oc3c([2H])c4c(c([2H])c32)c2c([2H])c([2H])c([2H])c([2H])c2n4-c2nc(-c3ccccc3)nc(-c3ccc4oc5ccccc5c4c3)n2)c1[2H]. The monoisotopic (exact) mass is 588 g/mol. The summed E-state index contributed by atoms with van der Waals surface area (Å²) >= 11 is 0. The van der Waals surface area contributed by atoms with Gasteiger partial charge in [0.1, 0.15) is 22.3 Å². The van der Waals surface area contributed by atoms with Gasteiger partial charge >= 0.3 is 0 Å². The van der Waals surface area contributed by atoms with Gasteiger partial charge in [-0.3, -0.25) is 4.57 Å². The van der Waals surface area contributed by atoms with Gasteiger partial charge in [-0.1, -0.05) is 84.8 Å². The van der Waals surface area contributed by atoms with Gasteiger partial charge in [0.25, 0.3) is 0 Å². The van der Waals surface area contributed by atoms with E-state index in [4.69, 9.17) is 34.8 Å². The Hall–Kier alpha value is -6.27. The third-order valence-electron chi connectivity index (χ3n) is 7.91. The number of benzene rings is 6. The van der Waals surface area contributed by atoms with Crippen LogP contribution in [-0.4, -0.2) is 19.5 Å². The van der Waals surface area contributed by atoms with Crippen molar-refractivity contribution in [1.29, 1.82) is 0 Å². The highest BCUT2D eigenvalue weighted by atomic mass is 16.3. The largest absolute Gasteiger partial charge is 0.456 e. The minimum absolute atomic E-state index is 0.0656. The van der Waals surface area contributed by atoms with Gasteiger partial charge in [-0.15, -0.1) is 0 Å². The van der Waals surface area contributed by atoms with Crippen molar-refractivity contribution in [3.63, 3.8) is 0 Å². The average Bonchev–Trinajstić information content (AvgIpc) is 3.91. The number of aromatic nitrogens is 4. The van der Waals surface area contributed by atoms with Crippen LogP contribution in [0, 0.1) is 0 Å². The zero-order valence-corrected chi connectivity index (χ0v) is 23.0. The fraction of sp³-hybridized carbons (Fsp3) is 0. The minimum Gasteiger partial charge on any atom is -0.456 e. The van der Waals surface area contributed by atoms with Crippen molar-refractivity contribution in [2.24, 2.45) is 0 Å². The quantitative estimate of drug-likeness (QED) is 0.205. The molecule has 10 rings (SSSR count). The lowest BCUT2D eigenvalue weighted by atomic mass is 10.1. The Morgan fingerprint density at radius 1 is 0.489 bits per heavy atom. The lowest BCUT2D eigenvalue weighted by molar-refractivity contribution is 0.668. The van der Waals surface area contributed by atoms with E-state index < -0.39 is 48.3 Å². The Morgan fingerprint density at radius 2 is 1.22 bits per heavy atom. The molecule has 6 heteroatoms. The maximum atomic E-state index is 9.55. The van der Waals surface area contributed by atoms with Crippen LogP contribution in [0.4, 0.5) is 0 Å². The summed E-state index contributed by atoms with van der Waals surface area (Å²) in [5.74, 6) is 0.316. The van der Waals surface area contributed by atoms with Crippen LogP contribution >= 0.6 is 0 Å². The number of furan rings is 2. The van der Waals surface area contributed by atoms with E-state index in [-0.39, 0.29) is 73.4 Å². The van der Waals surface area contributed by atoms with Crippen molar-refractivity contribution >= 4 is 65.7 Å². The molecule has 6 nitrogen and oxygen atoms in total. The summed E-state index contributed by atoms with van der Waals surface area (Å²) in [6.45, 7) is 0. The highest BCUT2D eigenvalue weighted by Crippen LogP contribution is 2.38. The summed E-state index contributed by atoms with van der Waals surface area (Å²) in [6.07, 6.45) is 0. The lowest BCUT2D eigenvalue weighted by Crippen LogP contribution is -2.06. The van der Waals surface area contributed by atoms with Gasteiger partial charge in [0.2, 0.25) is 5.95 Å². The Morgan fingerprint density at radius 3 is 2.13 bits per heavy atom. The highest BCUT2D eigenvalue weighted by molar-refractivity contribution is 6.17. The zero-order chi connectivity index (χ0) is 38.2. The molecule has 10 aromatic rings. The van der Waals surface area contributed by atoms with Crippen LogP contribution in [0.25, 0.3) is 94.4 Å². The van der Waals surface area contributed by atoms with Crippen LogP contribution in [0.2, 0.25) is 0 Å². The summed E-state index contributed by atoms with van der Waals surface area (Å²) in [5.41, 5.74) is 1.89.